The van der Waals surface area contributed by atoms with E-state index < -0.39 is 0 Å². The van der Waals surface area contributed by atoms with E-state index in [1.54, 1.807) is 0 Å². The van der Waals surface area contributed by atoms with Crippen molar-refractivity contribution in [3.63, 3.8) is 0 Å². The molecular weight excluding hydrogens is 134 g/mol. The maximum absolute atomic E-state index is 5.82. The zero-order valence-corrected chi connectivity index (χ0v) is 6.74. The number of hydrogen-bond donors (Lipinski definition) is 1. The number of fused-ring (bicyclic) bond motifs is 1. The molecule has 2 aliphatic rings. The maximum atomic E-state index is 5.82. The van der Waals surface area contributed by atoms with Gasteiger partial charge in [0.1, 0.15) is 0 Å². The van der Waals surface area contributed by atoms with Crippen LogP contribution >= 0.6 is 0 Å². The molecule has 60 valence electrons. The van der Waals surface area contributed by atoms with Crippen molar-refractivity contribution in [2.45, 2.75) is 25.3 Å². The average molecular weight is 149 g/mol. The molecule has 11 heavy (non-hydrogen) atoms. The van der Waals surface area contributed by atoms with E-state index in [4.69, 9.17) is 5.73 Å². The van der Waals surface area contributed by atoms with Crippen LogP contribution in [0.15, 0.2) is 24.3 Å². The van der Waals surface area contributed by atoms with E-state index in [0.29, 0.717) is 6.04 Å². The minimum atomic E-state index is 0.305. The van der Waals surface area contributed by atoms with Crippen LogP contribution in [0.3, 0.4) is 0 Å². The highest BCUT2D eigenvalue weighted by molar-refractivity contribution is 5.11. The van der Waals surface area contributed by atoms with Crippen molar-refractivity contribution in [1.82, 2.24) is 0 Å². The highest BCUT2D eigenvalue weighted by Crippen LogP contribution is 2.32. The number of allylic oxidation sites excluding steroid dienone is 3. The lowest BCUT2D eigenvalue weighted by atomic mass is 9.77. The van der Waals surface area contributed by atoms with Gasteiger partial charge < -0.3 is 5.73 Å². The Labute approximate surface area is 68.0 Å². The predicted octanol–water partition coefficient (Wildman–Crippen LogP) is 1.86. The molecule has 0 spiro atoms. The van der Waals surface area contributed by atoms with Gasteiger partial charge in [-0.25, -0.2) is 0 Å². The monoisotopic (exact) mass is 149 g/mol. The van der Waals surface area contributed by atoms with Gasteiger partial charge >= 0.3 is 0 Å². The van der Waals surface area contributed by atoms with Crippen LogP contribution in [0.5, 0.6) is 0 Å². The molecule has 0 saturated carbocycles. The number of hydrogen-bond acceptors (Lipinski definition) is 1. The van der Waals surface area contributed by atoms with Gasteiger partial charge in [-0.1, -0.05) is 24.3 Å². The fourth-order valence-corrected chi connectivity index (χ4v) is 2.09. The Kier molecular flexibility index (Phi) is 1.82. The second kappa shape index (κ2) is 2.82. The molecule has 3 atom stereocenters. The molecule has 0 aromatic heterocycles. The molecule has 0 aromatic rings. The van der Waals surface area contributed by atoms with E-state index in [9.17, 15) is 0 Å². The van der Waals surface area contributed by atoms with E-state index in [1.165, 1.54) is 12.8 Å². The summed E-state index contributed by atoms with van der Waals surface area (Å²) in [6.07, 6.45) is 12.8. The molecule has 0 radical (unpaired) electrons. The third kappa shape index (κ3) is 1.38. The van der Waals surface area contributed by atoms with Crippen LogP contribution in [-0.2, 0) is 0 Å². The summed E-state index contributed by atoms with van der Waals surface area (Å²) in [6, 6.07) is 0.305. The Balaban J connectivity index is 2.14. The summed E-state index contributed by atoms with van der Waals surface area (Å²) >= 11 is 0. The predicted molar refractivity (Wildman–Crippen MR) is 47.1 cm³/mol. The Morgan fingerprint density at radius 3 is 2.91 bits per heavy atom. The summed E-state index contributed by atoms with van der Waals surface area (Å²) in [6.45, 7) is 0. The van der Waals surface area contributed by atoms with Gasteiger partial charge in [0, 0.05) is 6.04 Å². The van der Waals surface area contributed by atoms with E-state index >= 15 is 0 Å². The van der Waals surface area contributed by atoms with Crippen molar-refractivity contribution in [2.24, 2.45) is 17.6 Å². The van der Waals surface area contributed by atoms with Crippen LogP contribution in [-0.4, -0.2) is 6.04 Å². The van der Waals surface area contributed by atoms with Gasteiger partial charge in [-0.3, -0.25) is 0 Å². The molecule has 0 heterocycles. The smallest absolute Gasteiger partial charge is 0.0229 e. The average Bonchev–Trinajstić information content (AvgIpc) is 2.04. The van der Waals surface area contributed by atoms with Gasteiger partial charge in [0.15, 0.2) is 0 Å². The molecule has 2 rings (SSSR count). The lowest BCUT2D eigenvalue weighted by Gasteiger charge is -2.30. The molecule has 0 saturated heterocycles. The van der Waals surface area contributed by atoms with Crippen molar-refractivity contribution in [1.29, 1.82) is 0 Å². The van der Waals surface area contributed by atoms with Crippen LogP contribution in [0.4, 0.5) is 0 Å². The Bertz CT molecular complexity index is 193. The van der Waals surface area contributed by atoms with Crippen molar-refractivity contribution in [3.8, 4) is 0 Å². The van der Waals surface area contributed by atoms with Gasteiger partial charge in [0.2, 0.25) is 0 Å². The molecule has 1 heteroatoms. The minimum Gasteiger partial charge on any atom is -0.324 e. The summed E-state index contributed by atoms with van der Waals surface area (Å²) in [7, 11) is 0. The summed E-state index contributed by atoms with van der Waals surface area (Å²) in [4.78, 5) is 0. The van der Waals surface area contributed by atoms with Crippen molar-refractivity contribution in [3.05, 3.63) is 24.3 Å². The van der Waals surface area contributed by atoms with Crippen molar-refractivity contribution >= 4 is 0 Å². The SMILES string of the molecule is NC1C=CC2CCC=C[C@H]2C1. The topological polar surface area (TPSA) is 26.0 Å². The van der Waals surface area contributed by atoms with Gasteiger partial charge in [0.05, 0.1) is 0 Å². The van der Waals surface area contributed by atoms with E-state index in [2.05, 4.69) is 24.3 Å². The molecule has 0 aromatic carbocycles. The summed E-state index contributed by atoms with van der Waals surface area (Å²) < 4.78 is 0. The van der Waals surface area contributed by atoms with Crippen molar-refractivity contribution in [2.75, 3.05) is 0 Å². The highest BCUT2D eigenvalue weighted by atomic mass is 14.6. The summed E-state index contributed by atoms with van der Waals surface area (Å²) in [5.74, 6) is 1.53. The first kappa shape index (κ1) is 7.11. The van der Waals surface area contributed by atoms with Crippen LogP contribution in [0.25, 0.3) is 0 Å². The number of nitrogens with two attached hydrogens (primary N) is 1. The first-order chi connectivity index (χ1) is 5.36. The Morgan fingerprint density at radius 1 is 1.09 bits per heavy atom. The zero-order chi connectivity index (χ0) is 7.68. The fraction of sp³-hybridized carbons (Fsp3) is 0.600. The third-order valence-corrected chi connectivity index (χ3v) is 2.75. The second-order valence-corrected chi connectivity index (χ2v) is 3.62. The van der Waals surface area contributed by atoms with Crippen LogP contribution < -0.4 is 5.73 Å². The van der Waals surface area contributed by atoms with E-state index in [0.717, 1.165) is 18.3 Å². The second-order valence-electron chi connectivity index (χ2n) is 3.62. The first-order valence-corrected chi connectivity index (χ1v) is 4.47. The lowest BCUT2D eigenvalue weighted by molar-refractivity contribution is 0.373. The molecule has 0 bridgehead atoms. The molecular formula is C10H15N. The number of rotatable bonds is 0. The zero-order valence-electron chi connectivity index (χ0n) is 6.74. The molecule has 0 fully saturated rings. The van der Waals surface area contributed by atoms with E-state index in [-0.39, 0.29) is 0 Å². The van der Waals surface area contributed by atoms with Gasteiger partial charge in [0.25, 0.3) is 0 Å². The largest absolute Gasteiger partial charge is 0.324 e. The first-order valence-electron chi connectivity index (χ1n) is 4.47. The normalized spacial score (nSPS) is 42.1. The van der Waals surface area contributed by atoms with Crippen LogP contribution in [0, 0.1) is 11.8 Å². The Morgan fingerprint density at radius 2 is 2.00 bits per heavy atom. The van der Waals surface area contributed by atoms with Crippen LogP contribution in [0.1, 0.15) is 19.3 Å². The van der Waals surface area contributed by atoms with Gasteiger partial charge in [-0.15, -0.1) is 0 Å². The minimum absolute atomic E-state index is 0.305. The quantitative estimate of drug-likeness (QED) is 0.523. The van der Waals surface area contributed by atoms with Crippen molar-refractivity contribution < 1.29 is 0 Å². The molecule has 2 aliphatic carbocycles. The summed E-state index contributed by atoms with van der Waals surface area (Å²) in [5.41, 5.74) is 5.82. The van der Waals surface area contributed by atoms with Gasteiger partial charge in [-0.05, 0) is 31.1 Å². The lowest BCUT2D eigenvalue weighted by Crippen LogP contribution is -2.29. The standard InChI is InChI=1S/C10H15N/c11-10-6-5-8-3-1-2-4-9(8)7-10/h2,4-6,8-10H,1,3,7,11H2/t8?,9-,10?/m0/s1. The van der Waals surface area contributed by atoms with Crippen LogP contribution in [0.2, 0.25) is 0 Å². The molecule has 0 amide bonds. The highest BCUT2D eigenvalue weighted by Gasteiger charge is 2.23. The molecule has 1 nitrogen and oxygen atoms in total. The Hall–Kier alpha value is -0.560. The summed E-state index contributed by atoms with van der Waals surface area (Å²) in [5, 5.41) is 0. The fourth-order valence-electron chi connectivity index (χ4n) is 2.09. The maximum Gasteiger partial charge on any atom is 0.0229 e. The third-order valence-electron chi connectivity index (χ3n) is 2.75. The molecule has 0 aliphatic heterocycles. The van der Waals surface area contributed by atoms with Gasteiger partial charge in [-0.2, -0.15) is 0 Å². The molecule has 2 N–H and O–H groups in total. The molecule has 2 unspecified atom stereocenters. The van der Waals surface area contributed by atoms with E-state index in [1.807, 2.05) is 0 Å².